The van der Waals surface area contributed by atoms with Crippen LogP contribution in [0.5, 0.6) is 11.8 Å². The normalized spacial score (nSPS) is 11.3. The number of aromatic nitrogens is 4. The van der Waals surface area contributed by atoms with Crippen molar-refractivity contribution in [1.29, 1.82) is 0 Å². The minimum absolute atomic E-state index is 0.00262. The molecule has 0 aliphatic heterocycles. The van der Waals surface area contributed by atoms with Crippen molar-refractivity contribution >= 4 is 127 Å². The Morgan fingerprint density at radius 2 is 1.20 bits per heavy atom. The number of nitrogens with zero attached hydrogens (tertiary/aromatic N) is 4. The second-order valence-electron chi connectivity index (χ2n) is 10.8. The number of methoxy groups -OCH3 is 4. The first-order valence-corrected chi connectivity index (χ1v) is 37.8. The summed E-state index contributed by atoms with van der Waals surface area (Å²) in [6.07, 6.45) is 2.35. The summed E-state index contributed by atoms with van der Waals surface area (Å²) in [7, 11) is 3.34. The summed E-state index contributed by atoms with van der Waals surface area (Å²) >= 11 is 7.42. The number of ether oxygens (including phenoxy) is 4. The van der Waals surface area contributed by atoms with Gasteiger partial charge in [0.1, 0.15) is 9.79 Å². The van der Waals surface area contributed by atoms with Crippen LogP contribution in [0.15, 0.2) is 79.8 Å². The molecule has 0 unspecified atom stereocenters. The maximum atomic E-state index is 12.5. The van der Waals surface area contributed by atoms with Crippen LogP contribution in [0, 0.1) is 13.8 Å². The van der Waals surface area contributed by atoms with Crippen molar-refractivity contribution in [3.05, 3.63) is 83.2 Å². The summed E-state index contributed by atoms with van der Waals surface area (Å²) < 4.78 is 79.0. The van der Waals surface area contributed by atoms with Gasteiger partial charge in [0.15, 0.2) is 22.8 Å². The van der Waals surface area contributed by atoms with Crippen LogP contribution in [0.4, 0.5) is 11.6 Å². The van der Waals surface area contributed by atoms with Crippen LogP contribution in [0.25, 0.3) is 21.9 Å². The molecule has 6 rings (SSSR count). The van der Waals surface area contributed by atoms with Crippen LogP contribution in [-0.4, -0.2) is 65.6 Å². The van der Waals surface area contributed by atoms with Crippen molar-refractivity contribution in [2.75, 3.05) is 38.9 Å². The fraction of sp³-hybridized carbons (Fsp3) is 0.250. The van der Waals surface area contributed by atoms with Crippen molar-refractivity contribution in [2.24, 2.45) is 0 Å². The van der Waals surface area contributed by atoms with E-state index < -0.39 is 19.1 Å². The summed E-state index contributed by atoms with van der Waals surface area (Å²) in [4.78, 5) is 7.54. The van der Waals surface area contributed by atoms with E-state index in [1.54, 1.807) is 20.3 Å². The molecule has 16 nitrogen and oxygen atoms in total. The van der Waals surface area contributed by atoms with Gasteiger partial charge in [-0.05, 0) is 72.5 Å². The first-order valence-electron chi connectivity index (χ1n) is 15.1. The Labute approximate surface area is 358 Å². The summed E-state index contributed by atoms with van der Waals surface area (Å²) in [5.74, 6) is 1.23. The van der Waals surface area contributed by atoms with Gasteiger partial charge in [-0.25, -0.2) is 26.8 Å². The topological polar surface area (TPSA) is 221 Å². The Hall–Kier alpha value is -2.09. The summed E-state index contributed by atoms with van der Waals surface area (Å²) in [5, 5.41) is 8.97. The molecule has 4 heterocycles. The standard InChI is InChI=1S/C16H17N3O5S.C10H12N2O2.C6H6ClNO3S.I4/c1-10-6-13-14(7-11(10)9-22-2)24-18-16(13)19-25(20,21)12-4-5-15(23-3)17-8-12;1-6-3-8-9(14-12-10(8)11)4-7(6)5-13-2;1-11-6-3-2-5(4-8-6)12(7,9)10;1-4(2)3/h4-8H,9H2,1-3H3,(H,18,19);3-4H,5H2,1-2H3,(H2,11,12);2-4H,1H3;. The zero-order chi connectivity index (χ0) is 40.9. The number of pyridine rings is 2. The second-order valence-corrected chi connectivity index (χ2v) is 63.8. The van der Waals surface area contributed by atoms with Crippen LogP contribution in [0.1, 0.15) is 22.3 Å². The molecule has 4 aromatic heterocycles. The number of fused-ring (bicyclic) bond motifs is 2. The number of halogens is 5. The number of nitrogens with one attached hydrogen (secondary N) is 1. The Morgan fingerprint density at radius 3 is 1.64 bits per heavy atom. The third-order valence-corrected chi connectivity index (χ3v) is 9.81. The number of anilines is 2. The number of benzene rings is 2. The number of nitrogens with two attached hydrogens (primary N) is 1. The molecule has 0 fully saturated rings. The fourth-order valence-corrected chi connectivity index (χ4v) is 6.09. The zero-order valence-electron chi connectivity index (χ0n) is 29.8. The van der Waals surface area contributed by atoms with E-state index in [4.69, 9.17) is 44.4 Å². The first-order chi connectivity index (χ1) is 25.9. The van der Waals surface area contributed by atoms with Crippen LogP contribution < -0.4 is 19.9 Å². The molecule has 0 aliphatic rings. The third kappa shape index (κ3) is 14.4. The van der Waals surface area contributed by atoms with Crippen molar-refractivity contribution in [1.82, 2.24) is 20.3 Å². The number of hydrogen-bond donors (Lipinski definition) is 2. The first kappa shape index (κ1) is 47.3. The van der Waals surface area contributed by atoms with E-state index in [0.717, 1.165) is 33.8 Å². The van der Waals surface area contributed by atoms with Gasteiger partial charge in [0, 0.05) is 37.0 Å². The average molecular weight is 1270 g/mol. The van der Waals surface area contributed by atoms with E-state index in [1.165, 1.54) is 44.7 Å². The number of nitrogen functional groups attached to an aromatic ring is 1. The monoisotopic (exact) mass is 1270 g/mol. The summed E-state index contributed by atoms with van der Waals surface area (Å²) in [6, 6.07) is 13.1. The van der Waals surface area contributed by atoms with Gasteiger partial charge in [-0.1, -0.05) is 10.3 Å². The SMILES string of the molecule is COCc1cc2onc(N)c2cc1C.COCc1cc2onc(NS(=O)(=O)c3ccc(OC)nc3)c2cc1C.COc1ccc(S(=O)(=O)Cl)cn1.II(I)I. The van der Waals surface area contributed by atoms with E-state index in [1.807, 2.05) is 32.0 Å². The molecule has 0 saturated carbocycles. The number of rotatable bonds is 10. The fourth-order valence-electron chi connectivity index (χ4n) is 4.45. The molecule has 0 aliphatic carbocycles. The Kier molecular flexibility index (Phi) is 19.1. The van der Waals surface area contributed by atoms with Gasteiger partial charge in [0.05, 0.1) is 50.6 Å². The predicted molar refractivity (Wildman–Crippen MR) is 245 cm³/mol. The van der Waals surface area contributed by atoms with Crippen LogP contribution in [0.2, 0.25) is 0 Å². The molecular weight excluding hydrogens is 1240 g/mol. The quantitative estimate of drug-likeness (QED) is 0.0966. The van der Waals surface area contributed by atoms with E-state index in [2.05, 4.69) is 80.9 Å². The van der Waals surface area contributed by atoms with E-state index in [9.17, 15) is 16.8 Å². The van der Waals surface area contributed by atoms with E-state index in [0.29, 0.717) is 47.3 Å². The molecule has 300 valence electrons. The summed E-state index contributed by atoms with van der Waals surface area (Å²) in [6.45, 7) is 4.93. The van der Waals surface area contributed by atoms with Crippen LogP contribution in [0.3, 0.4) is 0 Å². The Morgan fingerprint density at radius 1 is 0.745 bits per heavy atom. The zero-order valence-corrected chi connectivity index (χ0v) is 40.9. The van der Waals surface area contributed by atoms with Crippen molar-refractivity contribution in [3.63, 3.8) is 0 Å². The molecule has 0 atom stereocenters. The molecule has 0 amide bonds. The third-order valence-electron chi connectivity index (χ3n) is 7.14. The predicted octanol–water partition coefficient (Wildman–Crippen LogP) is 8.91. The molecule has 0 bridgehead atoms. The van der Waals surface area contributed by atoms with Gasteiger partial charge in [0.2, 0.25) is 11.8 Å². The van der Waals surface area contributed by atoms with Crippen molar-refractivity contribution < 1.29 is 44.8 Å². The van der Waals surface area contributed by atoms with Gasteiger partial charge in [-0.3, -0.25) is 4.72 Å². The number of aryl methyl sites for hydroxylation is 2. The van der Waals surface area contributed by atoms with Crippen LogP contribution in [-0.2, 0) is 41.8 Å². The van der Waals surface area contributed by atoms with Crippen LogP contribution >= 0.6 is 74.4 Å². The maximum absolute atomic E-state index is 12.5. The van der Waals surface area contributed by atoms with E-state index in [-0.39, 0.29) is 23.5 Å². The molecule has 2 aromatic carbocycles. The van der Waals surface area contributed by atoms with Gasteiger partial charge < -0.3 is 33.7 Å². The Balaban J connectivity index is 0.000000229. The van der Waals surface area contributed by atoms with Gasteiger partial charge in [0.25, 0.3) is 19.1 Å². The second kappa shape index (κ2) is 22.2. The molecule has 23 heteroatoms. The van der Waals surface area contributed by atoms with Crippen molar-refractivity contribution in [3.8, 4) is 11.8 Å². The summed E-state index contributed by atoms with van der Waals surface area (Å²) in [5.41, 5.74) is 10.9. The molecule has 0 saturated heterocycles. The molecule has 0 radical (unpaired) electrons. The number of sulfonamides is 1. The van der Waals surface area contributed by atoms with Gasteiger partial charge >= 0.3 is 63.7 Å². The molecule has 6 aromatic rings. The van der Waals surface area contributed by atoms with Crippen molar-refractivity contribution in [2.45, 2.75) is 36.9 Å². The van der Waals surface area contributed by atoms with Gasteiger partial charge in [-0.15, -0.1) is 0 Å². The van der Waals surface area contributed by atoms with E-state index >= 15 is 0 Å². The minimum atomic E-state index is -3.85. The average Bonchev–Trinajstić information content (AvgIpc) is 3.69. The van der Waals surface area contributed by atoms with Gasteiger partial charge in [-0.2, -0.15) is 0 Å². The molecular formula is C32H35ClI4N6O10S2. The number of hydrogen-bond acceptors (Lipinski definition) is 15. The molecule has 3 N–H and O–H groups in total. The Bertz CT molecular complexity index is 2380. The molecule has 0 spiro atoms. The molecule has 55 heavy (non-hydrogen) atoms.